The van der Waals surface area contributed by atoms with Gasteiger partial charge in [-0.2, -0.15) is 0 Å². The van der Waals surface area contributed by atoms with E-state index in [9.17, 15) is 4.79 Å². The molecule has 0 N–H and O–H groups in total. The molecule has 2 atom stereocenters. The summed E-state index contributed by atoms with van der Waals surface area (Å²) >= 11 is 0. The first kappa shape index (κ1) is 10.7. The number of Topliss-reactive ketones (excluding diaryl/α,β-unsaturated/α-hetero) is 1. The minimum absolute atomic E-state index is 0.0650. The largest absolute Gasteiger partial charge is 0.299 e. The summed E-state index contributed by atoms with van der Waals surface area (Å²) in [6.45, 7) is 0. The maximum atomic E-state index is 12.1. The molecule has 0 amide bonds. The second-order valence-electron chi connectivity index (χ2n) is 4.02. The van der Waals surface area contributed by atoms with E-state index in [0.717, 1.165) is 18.4 Å². The van der Waals surface area contributed by atoms with Crippen molar-refractivity contribution >= 4 is 5.78 Å². The summed E-state index contributed by atoms with van der Waals surface area (Å²) in [6.07, 6.45) is 2.49. The lowest BCUT2D eigenvalue weighted by Crippen LogP contribution is -2.29. The van der Waals surface area contributed by atoms with E-state index in [1.807, 2.05) is 30.3 Å². The highest BCUT2D eigenvalue weighted by Gasteiger charge is 2.31. The normalized spacial score (nSPS) is 24.9. The highest BCUT2D eigenvalue weighted by molar-refractivity contribution is 5.91. The van der Waals surface area contributed by atoms with Crippen LogP contribution in [0.25, 0.3) is 10.4 Å². The highest BCUT2D eigenvalue weighted by atomic mass is 16.1. The topological polar surface area (TPSA) is 65.8 Å². The predicted octanol–water partition coefficient (Wildman–Crippen LogP) is 3.20. The summed E-state index contributed by atoms with van der Waals surface area (Å²) in [5.74, 6) is -0.0271. The quantitative estimate of drug-likeness (QED) is 0.424. The lowest BCUT2D eigenvalue weighted by molar-refractivity contribution is -0.123. The van der Waals surface area contributed by atoms with Crippen LogP contribution in [0.1, 0.15) is 30.7 Å². The molecule has 0 saturated heterocycles. The van der Waals surface area contributed by atoms with Gasteiger partial charge in [0.05, 0.1) is 6.04 Å². The van der Waals surface area contributed by atoms with Crippen molar-refractivity contribution in [3.63, 3.8) is 0 Å². The van der Waals surface area contributed by atoms with Gasteiger partial charge in [0.25, 0.3) is 0 Å². The number of hydrogen-bond acceptors (Lipinski definition) is 2. The molecule has 0 bridgehead atoms. The predicted molar refractivity (Wildman–Crippen MR) is 61.0 cm³/mol. The van der Waals surface area contributed by atoms with E-state index in [4.69, 9.17) is 5.53 Å². The number of carbonyl (C=O) groups excluding carboxylic acids is 1. The molecule has 82 valence electrons. The van der Waals surface area contributed by atoms with E-state index in [-0.39, 0.29) is 11.7 Å². The summed E-state index contributed by atoms with van der Waals surface area (Å²) < 4.78 is 0. The SMILES string of the molecule is [N-]=[N+]=N[C@H]1CCC[C@@H](c2ccccc2)C1=O. The Morgan fingerprint density at radius 2 is 2.00 bits per heavy atom. The van der Waals surface area contributed by atoms with Crippen LogP contribution in [0.2, 0.25) is 0 Å². The van der Waals surface area contributed by atoms with Crippen LogP contribution in [0.15, 0.2) is 35.4 Å². The Balaban J connectivity index is 2.23. The zero-order chi connectivity index (χ0) is 11.4. The van der Waals surface area contributed by atoms with E-state index in [2.05, 4.69) is 10.0 Å². The van der Waals surface area contributed by atoms with Crippen molar-refractivity contribution in [3.8, 4) is 0 Å². The van der Waals surface area contributed by atoms with Crippen molar-refractivity contribution in [2.45, 2.75) is 31.2 Å². The first-order valence-electron chi connectivity index (χ1n) is 5.46. The first-order valence-corrected chi connectivity index (χ1v) is 5.46. The molecule has 16 heavy (non-hydrogen) atoms. The summed E-state index contributed by atoms with van der Waals surface area (Å²) in [5.41, 5.74) is 9.43. The lowest BCUT2D eigenvalue weighted by atomic mass is 9.80. The highest BCUT2D eigenvalue weighted by Crippen LogP contribution is 2.31. The standard InChI is InChI=1S/C12H13N3O/c13-15-14-11-8-4-7-10(12(11)16)9-5-2-1-3-6-9/h1-3,5-6,10-11H,4,7-8H2/t10-,11-/m0/s1. The molecule has 4 nitrogen and oxygen atoms in total. The lowest BCUT2D eigenvalue weighted by Gasteiger charge is -2.25. The van der Waals surface area contributed by atoms with Crippen molar-refractivity contribution in [2.75, 3.05) is 0 Å². The molecule has 1 aliphatic carbocycles. The average Bonchev–Trinajstić information content (AvgIpc) is 2.33. The van der Waals surface area contributed by atoms with Gasteiger partial charge in [0.2, 0.25) is 0 Å². The van der Waals surface area contributed by atoms with Crippen LogP contribution >= 0.6 is 0 Å². The molecule has 1 aromatic carbocycles. The zero-order valence-electron chi connectivity index (χ0n) is 8.91. The van der Waals surface area contributed by atoms with Crippen LogP contribution in [-0.2, 0) is 4.79 Å². The van der Waals surface area contributed by atoms with Gasteiger partial charge in [0.15, 0.2) is 0 Å². The van der Waals surface area contributed by atoms with Crippen LogP contribution in [-0.4, -0.2) is 11.8 Å². The Morgan fingerprint density at radius 3 is 2.69 bits per heavy atom. The van der Waals surface area contributed by atoms with E-state index in [0.29, 0.717) is 6.42 Å². The number of rotatable bonds is 2. The van der Waals surface area contributed by atoms with Gasteiger partial charge in [0.1, 0.15) is 5.78 Å². The molecule has 0 aliphatic heterocycles. The van der Waals surface area contributed by atoms with E-state index >= 15 is 0 Å². The second-order valence-corrected chi connectivity index (χ2v) is 4.02. The molecule has 0 unspecified atom stereocenters. The monoisotopic (exact) mass is 215 g/mol. The van der Waals surface area contributed by atoms with Gasteiger partial charge in [-0.3, -0.25) is 4.79 Å². The number of hydrogen-bond donors (Lipinski definition) is 0. The molecule has 1 aliphatic rings. The van der Waals surface area contributed by atoms with Crippen LogP contribution < -0.4 is 0 Å². The molecule has 4 heteroatoms. The van der Waals surface area contributed by atoms with Crippen molar-refractivity contribution < 1.29 is 4.79 Å². The van der Waals surface area contributed by atoms with Crippen molar-refractivity contribution in [1.29, 1.82) is 0 Å². The minimum Gasteiger partial charge on any atom is -0.299 e. The van der Waals surface area contributed by atoms with Crippen molar-refractivity contribution in [2.24, 2.45) is 5.11 Å². The fraction of sp³-hybridized carbons (Fsp3) is 0.417. The van der Waals surface area contributed by atoms with Crippen LogP contribution in [0, 0.1) is 0 Å². The minimum atomic E-state index is -0.469. The van der Waals surface area contributed by atoms with Gasteiger partial charge in [-0.15, -0.1) is 0 Å². The molecule has 0 aromatic heterocycles. The smallest absolute Gasteiger partial charge is 0.149 e. The van der Waals surface area contributed by atoms with Gasteiger partial charge in [0, 0.05) is 10.8 Å². The third-order valence-corrected chi connectivity index (χ3v) is 3.04. The Bertz CT molecular complexity index is 423. The molecular formula is C12H13N3O. The van der Waals surface area contributed by atoms with Gasteiger partial charge in [-0.1, -0.05) is 41.9 Å². The Kier molecular flexibility index (Phi) is 3.22. The van der Waals surface area contributed by atoms with Crippen molar-refractivity contribution in [3.05, 3.63) is 46.3 Å². The Hall–Kier alpha value is -1.80. The number of benzene rings is 1. The summed E-state index contributed by atoms with van der Waals surface area (Å²) in [4.78, 5) is 14.8. The number of nitrogens with zero attached hydrogens (tertiary/aromatic N) is 3. The molecular weight excluding hydrogens is 202 g/mol. The fourth-order valence-corrected chi connectivity index (χ4v) is 2.23. The Morgan fingerprint density at radius 1 is 1.25 bits per heavy atom. The van der Waals surface area contributed by atoms with Gasteiger partial charge in [-0.05, 0) is 23.9 Å². The maximum Gasteiger partial charge on any atom is 0.149 e. The number of carbonyl (C=O) groups is 1. The van der Waals surface area contributed by atoms with Crippen molar-refractivity contribution in [1.82, 2.24) is 0 Å². The van der Waals surface area contributed by atoms with Gasteiger partial charge >= 0.3 is 0 Å². The van der Waals surface area contributed by atoms with Crippen LogP contribution in [0.3, 0.4) is 0 Å². The molecule has 0 radical (unpaired) electrons. The van der Waals surface area contributed by atoms with Crippen LogP contribution in [0.4, 0.5) is 0 Å². The average molecular weight is 215 g/mol. The summed E-state index contributed by atoms with van der Waals surface area (Å²) in [5, 5.41) is 3.57. The van der Waals surface area contributed by atoms with Gasteiger partial charge in [-0.25, -0.2) is 0 Å². The molecule has 1 aromatic rings. The fourth-order valence-electron chi connectivity index (χ4n) is 2.23. The second kappa shape index (κ2) is 4.81. The summed E-state index contributed by atoms with van der Waals surface area (Å²) in [6, 6.07) is 9.24. The maximum absolute atomic E-state index is 12.1. The van der Waals surface area contributed by atoms with E-state index in [1.54, 1.807) is 0 Å². The first-order chi connectivity index (χ1) is 7.83. The van der Waals surface area contributed by atoms with Crippen LogP contribution in [0.5, 0.6) is 0 Å². The Labute approximate surface area is 93.9 Å². The molecule has 0 spiro atoms. The number of azide groups is 1. The number of ketones is 1. The zero-order valence-corrected chi connectivity index (χ0v) is 8.91. The van der Waals surface area contributed by atoms with E-state index < -0.39 is 6.04 Å². The molecule has 1 saturated carbocycles. The van der Waals surface area contributed by atoms with E-state index in [1.165, 1.54) is 0 Å². The van der Waals surface area contributed by atoms with Gasteiger partial charge < -0.3 is 0 Å². The molecule has 2 rings (SSSR count). The third kappa shape index (κ3) is 2.07. The summed E-state index contributed by atoms with van der Waals surface area (Å²) in [7, 11) is 0. The third-order valence-electron chi connectivity index (χ3n) is 3.04. The molecule has 1 fully saturated rings. The molecule has 0 heterocycles.